The lowest BCUT2D eigenvalue weighted by Crippen LogP contribution is -2.60. The van der Waals surface area contributed by atoms with E-state index in [9.17, 15) is 9.59 Å². The van der Waals surface area contributed by atoms with Gasteiger partial charge < -0.3 is 40.1 Å². The van der Waals surface area contributed by atoms with Gasteiger partial charge in [0, 0.05) is 31.1 Å². The molecule has 3 rings (SSSR count). The molecule has 220 valence electrons. The topological polar surface area (TPSA) is 130 Å². The van der Waals surface area contributed by atoms with Gasteiger partial charge in [0.2, 0.25) is 11.8 Å². The minimum atomic E-state index is -0.902. The zero-order chi connectivity index (χ0) is 28.5. The van der Waals surface area contributed by atoms with Gasteiger partial charge in [-0.3, -0.25) is 9.59 Å². The summed E-state index contributed by atoms with van der Waals surface area (Å²) in [6, 6.07) is -0.0767. The van der Waals surface area contributed by atoms with Crippen molar-refractivity contribution in [3.8, 4) is 0 Å². The van der Waals surface area contributed by atoms with E-state index in [0.29, 0.717) is 6.42 Å². The third kappa shape index (κ3) is 6.88. The Morgan fingerprint density at radius 2 is 1.53 bits per heavy atom. The fourth-order valence-electron chi connectivity index (χ4n) is 6.16. The number of rotatable bonds is 7. The maximum Gasteiger partial charge on any atom is 0.235 e. The second-order valence-corrected chi connectivity index (χ2v) is 12.3. The molecule has 14 unspecified atom stereocenters. The van der Waals surface area contributed by atoms with Gasteiger partial charge in [-0.15, -0.1) is 0 Å². The lowest BCUT2D eigenvalue weighted by molar-refractivity contribution is -0.406. The highest BCUT2D eigenvalue weighted by molar-refractivity contribution is 5.77. The first-order valence-electron chi connectivity index (χ1n) is 14.3. The van der Waals surface area contributed by atoms with Gasteiger partial charge in [-0.2, -0.15) is 0 Å². The van der Waals surface area contributed by atoms with Crippen LogP contribution in [0.4, 0.5) is 0 Å². The van der Waals surface area contributed by atoms with Crippen molar-refractivity contribution in [1.29, 1.82) is 0 Å². The Bertz CT molecular complexity index is 830. The maximum atomic E-state index is 11.9. The quantitative estimate of drug-likeness (QED) is 0.449. The van der Waals surface area contributed by atoms with Gasteiger partial charge in [-0.1, -0.05) is 41.5 Å². The summed E-state index contributed by atoms with van der Waals surface area (Å²) < 4.78 is 32.2. The van der Waals surface area contributed by atoms with Crippen LogP contribution in [-0.4, -0.2) is 67.3 Å². The third-order valence-corrected chi connectivity index (χ3v) is 9.23. The number of ether oxygens (including phenoxy) is 5. The van der Waals surface area contributed by atoms with Crippen LogP contribution in [0.1, 0.15) is 75.7 Å². The van der Waals surface area contributed by atoms with Crippen LogP contribution in [0, 0.1) is 35.5 Å². The predicted molar refractivity (Wildman–Crippen MR) is 142 cm³/mol. The van der Waals surface area contributed by atoms with Crippen LogP contribution in [0.5, 0.6) is 0 Å². The van der Waals surface area contributed by atoms with Gasteiger partial charge in [-0.05, 0) is 38.5 Å². The van der Waals surface area contributed by atoms with Crippen molar-refractivity contribution in [2.75, 3.05) is 6.54 Å². The van der Waals surface area contributed by atoms with Gasteiger partial charge >= 0.3 is 0 Å². The minimum absolute atomic E-state index is 0.0293. The molecule has 0 bridgehead atoms. The monoisotopic (exact) mass is 541 g/mol. The van der Waals surface area contributed by atoms with E-state index in [0.717, 1.165) is 0 Å². The number of hydrogen-bond acceptors (Lipinski definition) is 8. The van der Waals surface area contributed by atoms with Crippen molar-refractivity contribution in [3.05, 3.63) is 0 Å². The molecule has 0 aliphatic carbocycles. The molecule has 4 N–H and O–H groups in total. The molecule has 10 heteroatoms. The molecular weight excluding hydrogens is 490 g/mol. The summed E-state index contributed by atoms with van der Waals surface area (Å²) in [5.41, 5.74) is 5.48. The summed E-state index contributed by atoms with van der Waals surface area (Å²) in [7, 11) is 0. The summed E-state index contributed by atoms with van der Waals surface area (Å²) >= 11 is 0. The Balaban J connectivity index is 1.69. The molecule has 0 saturated carbocycles. The Morgan fingerprint density at radius 3 is 2.13 bits per heavy atom. The van der Waals surface area contributed by atoms with E-state index in [1.54, 1.807) is 0 Å². The molecule has 3 aliphatic heterocycles. The summed E-state index contributed by atoms with van der Waals surface area (Å²) in [4.78, 5) is 23.6. The standard InChI is InChI=1S/C28H51N3O7/c1-13-11-28(10,38-27-18(6)15(3)23(19(7)35-27)30-21(9)32)37-26(14(13)2)36-24-16(4)17(5)25(34-20(24)8)31-22(33)12-29/h13-20,23-27H,11-12,29H2,1-10H3,(H,30,32)(H,31,33). The highest BCUT2D eigenvalue weighted by Crippen LogP contribution is 2.43. The lowest BCUT2D eigenvalue weighted by Gasteiger charge is -2.51. The summed E-state index contributed by atoms with van der Waals surface area (Å²) in [5, 5.41) is 5.90. The molecule has 0 spiro atoms. The molecular formula is C28H51N3O7. The Hall–Kier alpha value is -1.30. The summed E-state index contributed by atoms with van der Waals surface area (Å²) in [6.45, 7) is 20.1. The van der Waals surface area contributed by atoms with E-state index in [4.69, 9.17) is 29.4 Å². The average molecular weight is 542 g/mol. The molecule has 0 radical (unpaired) electrons. The molecule has 3 heterocycles. The molecule has 3 saturated heterocycles. The van der Waals surface area contributed by atoms with Crippen LogP contribution >= 0.6 is 0 Å². The Morgan fingerprint density at radius 1 is 0.868 bits per heavy atom. The molecule has 14 atom stereocenters. The van der Waals surface area contributed by atoms with Crippen molar-refractivity contribution in [2.45, 2.75) is 125 Å². The SMILES string of the molecule is CC(=O)NC1C(C)OC(OC2(C)CC(C)C(C)C(OC3C(C)OC(NC(=O)CN)C(C)C3C)O2)C(C)C1C. The van der Waals surface area contributed by atoms with E-state index in [1.165, 1.54) is 6.92 Å². The first-order chi connectivity index (χ1) is 17.7. The van der Waals surface area contributed by atoms with Crippen molar-refractivity contribution in [1.82, 2.24) is 10.6 Å². The Labute approximate surface area is 228 Å². The molecule has 2 amide bonds. The first kappa shape index (κ1) is 31.2. The fraction of sp³-hybridized carbons (Fsp3) is 0.929. The average Bonchev–Trinajstić information content (AvgIpc) is 2.83. The zero-order valence-corrected chi connectivity index (χ0v) is 24.9. The summed E-state index contributed by atoms with van der Waals surface area (Å²) in [5.74, 6) is -0.431. The van der Waals surface area contributed by atoms with Crippen LogP contribution < -0.4 is 16.4 Å². The molecule has 38 heavy (non-hydrogen) atoms. The van der Waals surface area contributed by atoms with Gasteiger partial charge in [0.15, 0.2) is 18.4 Å². The number of nitrogens with one attached hydrogen (secondary N) is 2. The smallest absolute Gasteiger partial charge is 0.235 e. The lowest BCUT2D eigenvalue weighted by atomic mass is 9.82. The van der Waals surface area contributed by atoms with Gasteiger partial charge in [0.05, 0.1) is 30.9 Å². The van der Waals surface area contributed by atoms with Crippen LogP contribution in [0.15, 0.2) is 0 Å². The minimum Gasteiger partial charge on any atom is -0.353 e. The first-order valence-corrected chi connectivity index (χ1v) is 14.3. The van der Waals surface area contributed by atoms with Crippen molar-refractivity contribution >= 4 is 11.8 Å². The summed E-state index contributed by atoms with van der Waals surface area (Å²) in [6.07, 6.45) is -1.34. The van der Waals surface area contributed by atoms with E-state index >= 15 is 0 Å². The number of hydrogen-bond donors (Lipinski definition) is 3. The highest BCUT2D eigenvalue weighted by atomic mass is 16.8. The molecule has 0 aromatic carbocycles. The van der Waals surface area contributed by atoms with Crippen LogP contribution in [0.25, 0.3) is 0 Å². The second kappa shape index (κ2) is 12.5. The van der Waals surface area contributed by atoms with Crippen LogP contribution in [-0.2, 0) is 33.3 Å². The van der Waals surface area contributed by atoms with Gasteiger partial charge in [0.25, 0.3) is 0 Å². The Kier molecular flexibility index (Phi) is 10.3. The molecule has 10 nitrogen and oxygen atoms in total. The van der Waals surface area contributed by atoms with Crippen molar-refractivity contribution in [2.24, 2.45) is 41.2 Å². The molecule has 0 aromatic rings. The highest BCUT2D eigenvalue weighted by Gasteiger charge is 2.50. The molecule has 3 aliphatic rings. The van der Waals surface area contributed by atoms with Crippen molar-refractivity contribution in [3.63, 3.8) is 0 Å². The largest absolute Gasteiger partial charge is 0.353 e. The van der Waals surface area contributed by atoms with E-state index in [2.05, 4.69) is 45.3 Å². The number of nitrogens with two attached hydrogens (primary N) is 1. The maximum absolute atomic E-state index is 11.9. The van der Waals surface area contributed by atoms with Crippen molar-refractivity contribution < 1.29 is 33.3 Å². The fourth-order valence-corrected chi connectivity index (χ4v) is 6.16. The van der Waals surface area contributed by atoms with Gasteiger partial charge in [0.1, 0.15) is 6.23 Å². The van der Waals surface area contributed by atoms with Crippen LogP contribution in [0.3, 0.4) is 0 Å². The third-order valence-electron chi connectivity index (χ3n) is 9.23. The normalized spacial score (nSPS) is 47.8. The zero-order valence-electron chi connectivity index (χ0n) is 24.9. The molecule has 3 fully saturated rings. The molecule has 0 aromatic heterocycles. The van der Waals surface area contributed by atoms with E-state index < -0.39 is 24.6 Å². The number of carbonyl (C=O) groups excluding carboxylic acids is 2. The number of amides is 2. The number of carbonyl (C=O) groups is 2. The predicted octanol–water partition coefficient (Wildman–Crippen LogP) is 2.74. The van der Waals surface area contributed by atoms with Crippen LogP contribution in [0.2, 0.25) is 0 Å². The van der Waals surface area contributed by atoms with Gasteiger partial charge in [-0.25, -0.2) is 0 Å². The van der Waals surface area contributed by atoms with E-state index in [1.807, 2.05) is 27.7 Å². The van der Waals surface area contributed by atoms with E-state index in [-0.39, 0.29) is 78.2 Å². The second-order valence-electron chi connectivity index (χ2n) is 12.3.